The highest BCUT2D eigenvalue weighted by atomic mass is 16.1. The van der Waals surface area contributed by atoms with E-state index >= 15 is 0 Å². The lowest BCUT2D eigenvalue weighted by Gasteiger charge is -2.22. The Morgan fingerprint density at radius 3 is 2.81 bits per heavy atom. The van der Waals surface area contributed by atoms with Gasteiger partial charge in [-0.1, -0.05) is 19.3 Å². The molecule has 110 valence electrons. The maximum Gasteiger partial charge on any atom is 0.270 e. The molecule has 1 saturated carbocycles. The third kappa shape index (κ3) is 3.29. The number of hydrogen-bond acceptors (Lipinski definition) is 3. The van der Waals surface area contributed by atoms with Gasteiger partial charge < -0.3 is 5.32 Å². The van der Waals surface area contributed by atoms with E-state index in [1.807, 2.05) is 29.8 Å². The average molecular weight is 284 g/mol. The average Bonchev–Trinajstić information content (AvgIpc) is 3.02. The summed E-state index contributed by atoms with van der Waals surface area (Å²) in [6.45, 7) is 1.97. The Morgan fingerprint density at radius 1 is 1.29 bits per heavy atom. The van der Waals surface area contributed by atoms with E-state index in [-0.39, 0.29) is 5.91 Å². The first-order valence-electron chi connectivity index (χ1n) is 7.50. The Kier molecular flexibility index (Phi) is 3.99. The molecule has 1 aliphatic rings. The van der Waals surface area contributed by atoms with Gasteiger partial charge in [-0.25, -0.2) is 9.97 Å². The van der Waals surface area contributed by atoms with Crippen LogP contribution in [0.4, 0.5) is 0 Å². The Bertz CT molecular complexity index is 615. The van der Waals surface area contributed by atoms with E-state index in [4.69, 9.17) is 0 Å². The van der Waals surface area contributed by atoms with Crippen LogP contribution in [0.1, 0.15) is 48.2 Å². The topological polar surface area (TPSA) is 59.8 Å². The van der Waals surface area contributed by atoms with Crippen molar-refractivity contribution in [2.75, 3.05) is 0 Å². The molecule has 2 aromatic rings. The Morgan fingerprint density at radius 2 is 2.10 bits per heavy atom. The van der Waals surface area contributed by atoms with Gasteiger partial charge in [0.25, 0.3) is 5.91 Å². The highest BCUT2D eigenvalue weighted by molar-refractivity contribution is 5.92. The van der Waals surface area contributed by atoms with Crippen molar-refractivity contribution in [1.29, 1.82) is 0 Å². The number of hydrogen-bond donors (Lipinski definition) is 1. The summed E-state index contributed by atoms with van der Waals surface area (Å²) in [4.78, 5) is 20.9. The van der Waals surface area contributed by atoms with Gasteiger partial charge in [-0.15, -0.1) is 0 Å². The summed E-state index contributed by atoms with van der Waals surface area (Å²) < 4.78 is 1.81. The molecule has 0 bridgehead atoms. The van der Waals surface area contributed by atoms with Crippen molar-refractivity contribution in [2.24, 2.45) is 0 Å². The molecule has 2 aromatic heterocycles. The van der Waals surface area contributed by atoms with E-state index in [0.29, 0.717) is 11.7 Å². The van der Waals surface area contributed by atoms with E-state index in [1.54, 1.807) is 12.5 Å². The largest absolute Gasteiger partial charge is 0.348 e. The van der Waals surface area contributed by atoms with E-state index in [2.05, 4.69) is 15.3 Å². The SMILES string of the molecule is Cc1cc(C(=O)NC2CCCCC2)nc(-n2ccnc2)c1. The van der Waals surface area contributed by atoms with Crippen LogP contribution >= 0.6 is 0 Å². The van der Waals surface area contributed by atoms with Crippen molar-refractivity contribution in [3.63, 3.8) is 0 Å². The maximum absolute atomic E-state index is 12.4. The summed E-state index contributed by atoms with van der Waals surface area (Å²) in [7, 11) is 0. The minimum Gasteiger partial charge on any atom is -0.348 e. The smallest absolute Gasteiger partial charge is 0.270 e. The number of amides is 1. The molecule has 1 N–H and O–H groups in total. The molecule has 0 atom stereocenters. The first-order chi connectivity index (χ1) is 10.2. The second-order valence-corrected chi connectivity index (χ2v) is 5.67. The van der Waals surface area contributed by atoms with Gasteiger partial charge in [0.2, 0.25) is 0 Å². The molecule has 3 rings (SSSR count). The zero-order valence-electron chi connectivity index (χ0n) is 12.2. The predicted molar refractivity (Wildman–Crippen MR) is 80.4 cm³/mol. The molecule has 1 fully saturated rings. The lowest BCUT2D eigenvalue weighted by Crippen LogP contribution is -2.36. The second-order valence-electron chi connectivity index (χ2n) is 5.67. The number of pyridine rings is 1. The minimum absolute atomic E-state index is 0.0769. The molecule has 0 aromatic carbocycles. The van der Waals surface area contributed by atoms with Crippen molar-refractivity contribution in [2.45, 2.75) is 45.1 Å². The minimum atomic E-state index is -0.0769. The summed E-state index contributed by atoms with van der Waals surface area (Å²) >= 11 is 0. The normalized spacial score (nSPS) is 15.9. The molecule has 2 heterocycles. The van der Waals surface area contributed by atoms with Gasteiger partial charge in [0.15, 0.2) is 0 Å². The predicted octanol–water partition coefficient (Wildman–Crippen LogP) is 2.64. The monoisotopic (exact) mass is 284 g/mol. The van der Waals surface area contributed by atoms with Gasteiger partial charge in [0.1, 0.15) is 17.8 Å². The van der Waals surface area contributed by atoms with E-state index in [0.717, 1.165) is 24.2 Å². The molecule has 0 radical (unpaired) electrons. The van der Waals surface area contributed by atoms with E-state index < -0.39 is 0 Å². The number of rotatable bonds is 3. The quantitative estimate of drug-likeness (QED) is 0.942. The fraction of sp³-hybridized carbons (Fsp3) is 0.438. The summed E-state index contributed by atoms with van der Waals surface area (Å²) in [5.74, 6) is 0.647. The highest BCUT2D eigenvalue weighted by Gasteiger charge is 2.18. The van der Waals surface area contributed by atoms with Crippen LogP contribution in [0.3, 0.4) is 0 Å². The summed E-state index contributed by atoms with van der Waals surface area (Å²) in [5, 5.41) is 3.11. The number of nitrogens with zero attached hydrogens (tertiary/aromatic N) is 3. The lowest BCUT2D eigenvalue weighted by molar-refractivity contribution is 0.0922. The molecule has 0 unspecified atom stereocenters. The number of aromatic nitrogens is 3. The van der Waals surface area contributed by atoms with Crippen molar-refractivity contribution >= 4 is 5.91 Å². The molecule has 1 aliphatic carbocycles. The third-order valence-electron chi connectivity index (χ3n) is 3.90. The lowest BCUT2D eigenvalue weighted by atomic mass is 9.95. The standard InChI is InChI=1S/C16H20N4O/c1-12-9-14(16(21)18-13-5-3-2-4-6-13)19-15(10-12)20-8-7-17-11-20/h7-11,13H,2-6H2,1H3,(H,18,21). The zero-order chi connectivity index (χ0) is 14.7. The maximum atomic E-state index is 12.4. The molecule has 5 nitrogen and oxygen atoms in total. The van der Waals surface area contributed by atoms with Crippen molar-refractivity contribution in [1.82, 2.24) is 19.9 Å². The molecule has 5 heteroatoms. The Labute approximate surface area is 124 Å². The number of nitrogens with one attached hydrogen (secondary N) is 1. The molecular weight excluding hydrogens is 264 g/mol. The van der Waals surface area contributed by atoms with Crippen molar-refractivity contribution in [3.8, 4) is 5.82 Å². The fourth-order valence-electron chi connectivity index (χ4n) is 2.80. The van der Waals surface area contributed by atoms with Crippen LogP contribution in [-0.2, 0) is 0 Å². The molecule has 0 spiro atoms. The first kappa shape index (κ1) is 13.8. The van der Waals surface area contributed by atoms with Crippen LogP contribution < -0.4 is 5.32 Å². The van der Waals surface area contributed by atoms with Gasteiger partial charge >= 0.3 is 0 Å². The van der Waals surface area contributed by atoms with Crippen molar-refractivity contribution < 1.29 is 4.79 Å². The third-order valence-corrected chi connectivity index (χ3v) is 3.90. The van der Waals surface area contributed by atoms with Gasteiger partial charge in [0.05, 0.1) is 0 Å². The highest BCUT2D eigenvalue weighted by Crippen LogP contribution is 2.18. The molecular formula is C16H20N4O. The van der Waals surface area contributed by atoms with Crippen LogP contribution in [0.25, 0.3) is 5.82 Å². The van der Waals surface area contributed by atoms with Gasteiger partial charge in [0, 0.05) is 18.4 Å². The number of aryl methyl sites for hydroxylation is 1. The van der Waals surface area contributed by atoms with E-state index in [9.17, 15) is 4.79 Å². The van der Waals surface area contributed by atoms with Crippen LogP contribution in [-0.4, -0.2) is 26.5 Å². The van der Waals surface area contributed by atoms with Crippen molar-refractivity contribution in [3.05, 3.63) is 42.1 Å². The Balaban J connectivity index is 1.79. The van der Waals surface area contributed by atoms with Gasteiger partial charge in [-0.05, 0) is 37.5 Å². The van der Waals surface area contributed by atoms with Gasteiger partial charge in [-0.3, -0.25) is 9.36 Å². The van der Waals surface area contributed by atoms with E-state index in [1.165, 1.54) is 19.3 Å². The summed E-state index contributed by atoms with van der Waals surface area (Å²) in [5.41, 5.74) is 1.49. The second kappa shape index (κ2) is 6.08. The van der Waals surface area contributed by atoms with Gasteiger partial charge in [-0.2, -0.15) is 0 Å². The van der Waals surface area contributed by atoms with Crippen LogP contribution in [0.2, 0.25) is 0 Å². The molecule has 0 aliphatic heterocycles. The number of carbonyl (C=O) groups excluding carboxylic acids is 1. The van der Waals surface area contributed by atoms with Crippen LogP contribution in [0.5, 0.6) is 0 Å². The fourth-order valence-corrected chi connectivity index (χ4v) is 2.80. The summed E-state index contributed by atoms with van der Waals surface area (Å²) in [6.07, 6.45) is 11.0. The molecule has 21 heavy (non-hydrogen) atoms. The first-order valence-corrected chi connectivity index (χ1v) is 7.50. The summed E-state index contributed by atoms with van der Waals surface area (Å²) in [6, 6.07) is 4.07. The van der Waals surface area contributed by atoms with Crippen LogP contribution in [0.15, 0.2) is 30.9 Å². The number of imidazole rings is 1. The molecule has 1 amide bonds. The van der Waals surface area contributed by atoms with Crippen LogP contribution in [0, 0.1) is 6.92 Å². The number of carbonyl (C=O) groups is 1. The zero-order valence-corrected chi connectivity index (χ0v) is 12.2. The molecule has 0 saturated heterocycles. The Hall–Kier alpha value is -2.17.